The Hall–Kier alpha value is -0.870. The van der Waals surface area contributed by atoms with E-state index >= 15 is 0 Å². The van der Waals surface area contributed by atoms with Crippen molar-refractivity contribution in [2.24, 2.45) is 13.0 Å². The maximum Gasteiger partial charge on any atom is 0.0736 e. The maximum absolute atomic E-state index is 5.63. The summed E-state index contributed by atoms with van der Waals surface area (Å²) >= 11 is 0. The summed E-state index contributed by atoms with van der Waals surface area (Å²) < 4.78 is 7.58. The van der Waals surface area contributed by atoms with Gasteiger partial charge in [0.05, 0.1) is 12.3 Å². The number of aryl methyl sites for hydroxylation is 1. The Morgan fingerprint density at radius 3 is 3.00 bits per heavy atom. The van der Waals surface area contributed by atoms with Crippen LogP contribution in [0.25, 0.3) is 0 Å². The third-order valence-corrected chi connectivity index (χ3v) is 3.93. The van der Waals surface area contributed by atoms with E-state index in [2.05, 4.69) is 23.1 Å². The first kappa shape index (κ1) is 12.2. The van der Waals surface area contributed by atoms with Crippen LogP contribution >= 0.6 is 0 Å². The van der Waals surface area contributed by atoms with Gasteiger partial charge < -0.3 is 4.74 Å². The summed E-state index contributed by atoms with van der Waals surface area (Å²) in [6.45, 7) is 7.10. The fourth-order valence-electron chi connectivity index (χ4n) is 2.92. The van der Waals surface area contributed by atoms with Gasteiger partial charge in [-0.05, 0) is 25.7 Å². The van der Waals surface area contributed by atoms with Crippen LogP contribution in [0.4, 0.5) is 0 Å². The lowest BCUT2D eigenvalue weighted by Gasteiger charge is -2.31. The molecule has 1 aromatic heterocycles. The standard InChI is InChI=1S/C14H23N3O/c1-3-18-10-13-9-17(6-11-4-5-11)8-12-7-16(2)15-14(12)13/h7,11,13H,3-6,8-10H2,1-2H3. The van der Waals surface area contributed by atoms with Crippen LogP contribution in [0.1, 0.15) is 36.9 Å². The number of aromatic nitrogens is 2. The molecule has 0 aromatic carbocycles. The molecule has 1 atom stereocenters. The van der Waals surface area contributed by atoms with Gasteiger partial charge in [-0.3, -0.25) is 9.58 Å². The van der Waals surface area contributed by atoms with E-state index in [-0.39, 0.29) is 0 Å². The van der Waals surface area contributed by atoms with Crippen LogP contribution in [0.5, 0.6) is 0 Å². The molecule has 1 fully saturated rings. The highest BCUT2D eigenvalue weighted by molar-refractivity contribution is 5.24. The third-order valence-electron chi connectivity index (χ3n) is 3.93. The highest BCUT2D eigenvalue weighted by Gasteiger charge is 2.31. The van der Waals surface area contributed by atoms with Crippen molar-refractivity contribution in [3.63, 3.8) is 0 Å². The minimum Gasteiger partial charge on any atom is -0.381 e. The molecule has 1 aromatic rings. The second kappa shape index (κ2) is 5.02. The van der Waals surface area contributed by atoms with Gasteiger partial charge in [-0.2, -0.15) is 5.10 Å². The molecule has 18 heavy (non-hydrogen) atoms. The Labute approximate surface area is 109 Å². The molecule has 0 spiro atoms. The molecule has 1 unspecified atom stereocenters. The van der Waals surface area contributed by atoms with E-state index in [4.69, 9.17) is 4.74 Å². The molecule has 0 amide bonds. The van der Waals surface area contributed by atoms with Crippen molar-refractivity contribution in [3.05, 3.63) is 17.5 Å². The number of fused-ring (bicyclic) bond motifs is 1. The highest BCUT2D eigenvalue weighted by Crippen LogP contribution is 2.33. The number of hydrogen-bond donors (Lipinski definition) is 0. The van der Waals surface area contributed by atoms with Crippen LogP contribution in [0.2, 0.25) is 0 Å². The zero-order valence-electron chi connectivity index (χ0n) is 11.4. The van der Waals surface area contributed by atoms with Crippen molar-refractivity contribution in [1.82, 2.24) is 14.7 Å². The quantitative estimate of drug-likeness (QED) is 0.796. The van der Waals surface area contributed by atoms with Gasteiger partial charge in [-0.25, -0.2) is 0 Å². The molecule has 0 radical (unpaired) electrons. The van der Waals surface area contributed by atoms with E-state index in [9.17, 15) is 0 Å². The predicted molar refractivity (Wildman–Crippen MR) is 70.4 cm³/mol. The Morgan fingerprint density at radius 1 is 1.44 bits per heavy atom. The van der Waals surface area contributed by atoms with Gasteiger partial charge in [0, 0.05) is 51.0 Å². The van der Waals surface area contributed by atoms with Crippen molar-refractivity contribution in [2.75, 3.05) is 26.3 Å². The molecule has 1 saturated carbocycles. The first-order valence-corrected chi connectivity index (χ1v) is 7.08. The van der Waals surface area contributed by atoms with Crippen LogP contribution in [-0.2, 0) is 18.3 Å². The van der Waals surface area contributed by atoms with Crippen LogP contribution in [0.3, 0.4) is 0 Å². The van der Waals surface area contributed by atoms with Gasteiger partial charge in [-0.15, -0.1) is 0 Å². The highest BCUT2D eigenvalue weighted by atomic mass is 16.5. The Bertz CT molecular complexity index is 411. The topological polar surface area (TPSA) is 30.3 Å². The van der Waals surface area contributed by atoms with E-state index in [1.54, 1.807) is 0 Å². The van der Waals surface area contributed by atoms with E-state index in [1.807, 2.05) is 11.7 Å². The number of hydrogen-bond acceptors (Lipinski definition) is 3. The van der Waals surface area contributed by atoms with Crippen LogP contribution in [0, 0.1) is 5.92 Å². The average Bonchev–Trinajstić information content (AvgIpc) is 3.06. The molecule has 4 heteroatoms. The van der Waals surface area contributed by atoms with Crippen molar-refractivity contribution in [1.29, 1.82) is 0 Å². The van der Waals surface area contributed by atoms with Gasteiger partial charge in [0.25, 0.3) is 0 Å². The van der Waals surface area contributed by atoms with Crippen LogP contribution < -0.4 is 0 Å². The molecule has 0 saturated heterocycles. The molecule has 100 valence electrons. The molecule has 3 rings (SSSR count). The van der Waals surface area contributed by atoms with Crippen molar-refractivity contribution in [3.8, 4) is 0 Å². The molecule has 0 N–H and O–H groups in total. The lowest BCUT2D eigenvalue weighted by Crippen LogP contribution is -2.36. The van der Waals surface area contributed by atoms with E-state index < -0.39 is 0 Å². The molecule has 1 aliphatic carbocycles. The van der Waals surface area contributed by atoms with Gasteiger partial charge in [0.15, 0.2) is 0 Å². The zero-order valence-corrected chi connectivity index (χ0v) is 11.4. The monoisotopic (exact) mass is 249 g/mol. The lowest BCUT2D eigenvalue weighted by atomic mass is 9.97. The van der Waals surface area contributed by atoms with E-state index in [0.29, 0.717) is 5.92 Å². The number of nitrogens with zero attached hydrogens (tertiary/aromatic N) is 3. The summed E-state index contributed by atoms with van der Waals surface area (Å²) in [6.07, 6.45) is 5.02. The normalized spacial score (nSPS) is 24.2. The smallest absolute Gasteiger partial charge is 0.0736 e. The third kappa shape index (κ3) is 2.59. The van der Waals surface area contributed by atoms with Crippen LogP contribution in [-0.4, -0.2) is 41.0 Å². The molecular formula is C14H23N3O. The molecule has 4 nitrogen and oxygen atoms in total. The number of ether oxygens (including phenoxy) is 1. The summed E-state index contributed by atoms with van der Waals surface area (Å²) in [5.74, 6) is 1.41. The Balaban J connectivity index is 1.73. The largest absolute Gasteiger partial charge is 0.381 e. The second-order valence-corrected chi connectivity index (χ2v) is 5.71. The zero-order chi connectivity index (χ0) is 12.5. The first-order chi connectivity index (χ1) is 8.76. The molecule has 2 aliphatic rings. The first-order valence-electron chi connectivity index (χ1n) is 7.08. The van der Waals surface area contributed by atoms with E-state index in [0.717, 1.165) is 32.2 Å². The summed E-state index contributed by atoms with van der Waals surface area (Å²) in [5.41, 5.74) is 2.66. The maximum atomic E-state index is 5.63. The van der Waals surface area contributed by atoms with Gasteiger partial charge in [-0.1, -0.05) is 0 Å². The SMILES string of the molecule is CCOCC1CN(CC2CC2)Cc2cn(C)nc21. The van der Waals surface area contributed by atoms with E-state index in [1.165, 1.54) is 30.6 Å². The van der Waals surface area contributed by atoms with Crippen molar-refractivity contribution < 1.29 is 4.74 Å². The molecular weight excluding hydrogens is 226 g/mol. The lowest BCUT2D eigenvalue weighted by molar-refractivity contribution is 0.104. The Kier molecular flexibility index (Phi) is 3.39. The average molecular weight is 249 g/mol. The second-order valence-electron chi connectivity index (χ2n) is 5.71. The molecule has 1 aliphatic heterocycles. The summed E-state index contributed by atoms with van der Waals surface area (Å²) in [5, 5.41) is 4.62. The summed E-state index contributed by atoms with van der Waals surface area (Å²) in [6, 6.07) is 0. The minimum atomic E-state index is 0.452. The molecule has 0 bridgehead atoms. The minimum absolute atomic E-state index is 0.452. The van der Waals surface area contributed by atoms with Gasteiger partial charge in [0.2, 0.25) is 0 Å². The number of rotatable bonds is 5. The van der Waals surface area contributed by atoms with Gasteiger partial charge >= 0.3 is 0 Å². The summed E-state index contributed by atoms with van der Waals surface area (Å²) in [4.78, 5) is 2.59. The fourth-order valence-corrected chi connectivity index (χ4v) is 2.92. The van der Waals surface area contributed by atoms with Gasteiger partial charge in [0.1, 0.15) is 0 Å². The Morgan fingerprint density at radius 2 is 2.28 bits per heavy atom. The van der Waals surface area contributed by atoms with Crippen molar-refractivity contribution >= 4 is 0 Å². The van der Waals surface area contributed by atoms with Crippen LogP contribution in [0.15, 0.2) is 6.20 Å². The molecule has 2 heterocycles. The fraction of sp³-hybridized carbons (Fsp3) is 0.786. The summed E-state index contributed by atoms with van der Waals surface area (Å²) in [7, 11) is 2.02. The predicted octanol–water partition coefficient (Wildman–Crippen LogP) is 1.77. The van der Waals surface area contributed by atoms with Crippen molar-refractivity contribution in [2.45, 2.75) is 32.2 Å².